The van der Waals surface area contributed by atoms with E-state index in [0.717, 1.165) is 11.1 Å². The number of carbonyl (C=O) groups excluding carboxylic acids is 3. The van der Waals surface area contributed by atoms with Gasteiger partial charge in [-0.05, 0) is 36.8 Å². The molecule has 0 aliphatic carbocycles. The third kappa shape index (κ3) is 12.9. The number of allylic oxidation sites excluding steroid dienone is 2. The number of aliphatic hydroxyl groups is 1. The molecule has 0 aliphatic heterocycles. The summed E-state index contributed by atoms with van der Waals surface area (Å²) in [7, 11) is 0. The highest BCUT2D eigenvalue weighted by atomic mass is 16.5. The molecule has 0 fully saturated rings. The second-order valence-electron chi connectivity index (χ2n) is 9.55. The Balaban J connectivity index is 2.03. The summed E-state index contributed by atoms with van der Waals surface area (Å²) >= 11 is 0. The number of esters is 1. The van der Waals surface area contributed by atoms with E-state index in [2.05, 4.69) is 23.8 Å². The lowest BCUT2D eigenvalue weighted by atomic mass is 9.96. The zero-order chi connectivity index (χ0) is 29.0. The molecule has 0 radical (unpaired) electrons. The quantitative estimate of drug-likeness (QED) is 0.132. The molecule has 0 aliphatic rings. The lowest BCUT2D eigenvalue weighted by Crippen LogP contribution is -2.44. The van der Waals surface area contributed by atoms with Crippen LogP contribution in [0.1, 0.15) is 30.4 Å². The molecule has 3 atom stereocenters. The van der Waals surface area contributed by atoms with Crippen LogP contribution in [0, 0.1) is 11.8 Å². The monoisotopic (exact) mass is 550 g/mol. The largest absolute Gasteiger partial charge is 0.463 e. The molecule has 2 rings (SSSR count). The van der Waals surface area contributed by atoms with E-state index in [1.54, 1.807) is 12.2 Å². The molecule has 2 amide bonds. The lowest BCUT2D eigenvalue weighted by Gasteiger charge is -2.23. The predicted octanol–water partition coefficient (Wildman–Crippen LogP) is 3.40. The number of rotatable bonds is 20. The lowest BCUT2D eigenvalue weighted by molar-refractivity contribution is -0.149. The maximum absolute atomic E-state index is 13.3. The fourth-order valence-electron chi connectivity index (χ4n) is 4.24. The van der Waals surface area contributed by atoms with Gasteiger partial charge in [0, 0.05) is 13.0 Å². The SMILES string of the molecule is C=CC[C@H](CC(=O)NCCOCCO)C(=O)N[C@@H](COC(=O)[C@H](CC=C)Cc1ccccc1)Cc1ccccc1. The Morgan fingerprint density at radius 3 is 2.05 bits per heavy atom. The van der Waals surface area contributed by atoms with Gasteiger partial charge in [0.05, 0.1) is 37.7 Å². The Morgan fingerprint density at radius 1 is 0.850 bits per heavy atom. The molecule has 0 spiro atoms. The van der Waals surface area contributed by atoms with Crippen molar-refractivity contribution < 1.29 is 29.0 Å². The van der Waals surface area contributed by atoms with E-state index in [-0.39, 0.29) is 63.1 Å². The van der Waals surface area contributed by atoms with Crippen LogP contribution in [0.2, 0.25) is 0 Å². The van der Waals surface area contributed by atoms with Gasteiger partial charge in [-0.15, -0.1) is 13.2 Å². The summed E-state index contributed by atoms with van der Waals surface area (Å²) < 4.78 is 10.9. The van der Waals surface area contributed by atoms with Gasteiger partial charge < -0.3 is 25.2 Å². The average molecular weight is 551 g/mol. The van der Waals surface area contributed by atoms with Crippen molar-refractivity contribution in [3.05, 3.63) is 97.1 Å². The van der Waals surface area contributed by atoms with Gasteiger partial charge in [0.2, 0.25) is 11.8 Å². The van der Waals surface area contributed by atoms with E-state index in [4.69, 9.17) is 14.6 Å². The van der Waals surface area contributed by atoms with Crippen molar-refractivity contribution >= 4 is 17.8 Å². The van der Waals surface area contributed by atoms with Crippen LogP contribution in [0.4, 0.5) is 0 Å². The third-order valence-corrected chi connectivity index (χ3v) is 6.27. The number of amides is 2. The second-order valence-corrected chi connectivity index (χ2v) is 9.55. The van der Waals surface area contributed by atoms with Crippen molar-refractivity contribution in [1.82, 2.24) is 10.6 Å². The molecule has 0 saturated heterocycles. The van der Waals surface area contributed by atoms with Crippen LogP contribution in [0.25, 0.3) is 0 Å². The molecule has 216 valence electrons. The molecule has 3 N–H and O–H groups in total. The molecule has 40 heavy (non-hydrogen) atoms. The maximum Gasteiger partial charge on any atom is 0.309 e. The minimum Gasteiger partial charge on any atom is -0.463 e. The Kier molecular flexibility index (Phi) is 15.7. The van der Waals surface area contributed by atoms with Crippen molar-refractivity contribution in [3.63, 3.8) is 0 Å². The number of hydrogen-bond acceptors (Lipinski definition) is 6. The standard InChI is InChI=1S/C32H42N2O6/c1-3-11-27(23-30(36)33-17-19-39-20-18-35)31(37)34-29(22-26-15-9-6-10-16-26)24-40-32(38)28(12-4-2)21-25-13-7-5-8-14-25/h3-10,13-16,27-29,35H,1-2,11-12,17-24H2,(H,33,36)(H,34,37)/t27-,28-,29-/m1/s1. The van der Waals surface area contributed by atoms with Gasteiger partial charge in [0.25, 0.3) is 0 Å². The zero-order valence-corrected chi connectivity index (χ0v) is 23.1. The van der Waals surface area contributed by atoms with E-state index < -0.39 is 12.0 Å². The second kappa shape index (κ2) is 19.3. The zero-order valence-electron chi connectivity index (χ0n) is 23.1. The van der Waals surface area contributed by atoms with Crippen LogP contribution < -0.4 is 10.6 Å². The minimum atomic E-state index is -0.628. The Bertz CT molecular complexity index is 1040. The van der Waals surface area contributed by atoms with Crippen molar-refractivity contribution in [2.24, 2.45) is 11.8 Å². The first-order valence-corrected chi connectivity index (χ1v) is 13.7. The minimum absolute atomic E-state index is 0.00288. The first-order chi connectivity index (χ1) is 19.5. The number of nitrogens with one attached hydrogen (secondary N) is 2. The van der Waals surface area contributed by atoms with E-state index >= 15 is 0 Å². The summed E-state index contributed by atoms with van der Waals surface area (Å²) in [4.78, 5) is 38.8. The topological polar surface area (TPSA) is 114 Å². The maximum atomic E-state index is 13.3. The van der Waals surface area contributed by atoms with Gasteiger partial charge >= 0.3 is 5.97 Å². The highest BCUT2D eigenvalue weighted by molar-refractivity contribution is 5.86. The van der Waals surface area contributed by atoms with E-state index in [1.165, 1.54) is 0 Å². The van der Waals surface area contributed by atoms with Crippen LogP contribution >= 0.6 is 0 Å². The first-order valence-electron chi connectivity index (χ1n) is 13.7. The molecule has 0 heterocycles. The molecule has 8 nitrogen and oxygen atoms in total. The molecule has 0 aromatic heterocycles. The normalized spacial score (nSPS) is 12.9. The average Bonchev–Trinajstić information content (AvgIpc) is 2.96. The summed E-state index contributed by atoms with van der Waals surface area (Å²) in [6.45, 7) is 8.18. The summed E-state index contributed by atoms with van der Waals surface area (Å²) in [5, 5.41) is 14.5. The van der Waals surface area contributed by atoms with Gasteiger partial charge in [-0.2, -0.15) is 0 Å². The fraction of sp³-hybridized carbons (Fsp3) is 0.406. The number of ether oxygens (including phenoxy) is 2. The highest BCUT2D eigenvalue weighted by Gasteiger charge is 2.26. The summed E-state index contributed by atoms with van der Waals surface area (Å²) in [5.74, 6) is -1.95. The molecule has 0 bridgehead atoms. The van der Waals surface area contributed by atoms with Gasteiger partial charge in [0.1, 0.15) is 6.61 Å². The Labute approximate surface area is 237 Å². The van der Waals surface area contributed by atoms with Crippen LogP contribution in [-0.4, -0.2) is 61.9 Å². The molecular formula is C32H42N2O6. The van der Waals surface area contributed by atoms with Crippen molar-refractivity contribution in [2.45, 2.75) is 38.1 Å². The van der Waals surface area contributed by atoms with Crippen LogP contribution in [0.15, 0.2) is 86.0 Å². The summed E-state index contributed by atoms with van der Waals surface area (Å²) in [5.41, 5.74) is 2.02. The summed E-state index contributed by atoms with van der Waals surface area (Å²) in [6.07, 6.45) is 5.08. The molecule has 0 unspecified atom stereocenters. The number of aliphatic hydroxyl groups excluding tert-OH is 1. The molecule has 8 heteroatoms. The molecule has 2 aromatic carbocycles. The van der Waals surface area contributed by atoms with Gasteiger partial charge in [-0.1, -0.05) is 72.8 Å². The van der Waals surface area contributed by atoms with E-state index in [1.807, 2.05) is 60.7 Å². The number of carbonyl (C=O) groups is 3. The number of hydrogen-bond donors (Lipinski definition) is 3. The van der Waals surface area contributed by atoms with Crippen molar-refractivity contribution in [3.8, 4) is 0 Å². The van der Waals surface area contributed by atoms with Crippen molar-refractivity contribution in [1.29, 1.82) is 0 Å². The van der Waals surface area contributed by atoms with Crippen LogP contribution in [0.5, 0.6) is 0 Å². The van der Waals surface area contributed by atoms with E-state index in [9.17, 15) is 14.4 Å². The molecular weight excluding hydrogens is 508 g/mol. The Hall–Kier alpha value is -3.75. The smallest absolute Gasteiger partial charge is 0.309 e. The molecule has 2 aromatic rings. The number of benzene rings is 2. The van der Waals surface area contributed by atoms with Gasteiger partial charge in [-0.3, -0.25) is 14.4 Å². The van der Waals surface area contributed by atoms with Crippen LogP contribution in [-0.2, 0) is 36.7 Å². The third-order valence-electron chi connectivity index (χ3n) is 6.27. The summed E-state index contributed by atoms with van der Waals surface area (Å²) in [6, 6.07) is 18.9. The van der Waals surface area contributed by atoms with Gasteiger partial charge in [0.15, 0.2) is 0 Å². The van der Waals surface area contributed by atoms with Crippen LogP contribution in [0.3, 0.4) is 0 Å². The fourth-order valence-corrected chi connectivity index (χ4v) is 4.24. The van der Waals surface area contributed by atoms with E-state index in [0.29, 0.717) is 25.7 Å². The first kappa shape index (κ1) is 32.5. The Morgan fingerprint density at radius 2 is 1.45 bits per heavy atom. The molecule has 0 saturated carbocycles. The van der Waals surface area contributed by atoms with Gasteiger partial charge in [-0.25, -0.2) is 0 Å². The highest BCUT2D eigenvalue weighted by Crippen LogP contribution is 2.16. The predicted molar refractivity (Wildman–Crippen MR) is 155 cm³/mol. The van der Waals surface area contributed by atoms with Crippen molar-refractivity contribution in [2.75, 3.05) is 33.0 Å².